The molecular formula is C18H21N7O2S. The topological polar surface area (TPSA) is 149 Å². The Morgan fingerprint density at radius 1 is 1.04 bits per heavy atom. The second-order valence-corrected chi connectivity index (χ2v) is 7.49. The van der Waals surface area contributed by atoms with Crippen molar-refractivity contribution >= 4 is 27.5 Å². The highest BCUT2D eigenvalue weighted by Gasteiger charge is 2.11. The predicted molar refractivity (Wildman–Crippen MR) is 109 cm³/mol. The summed E-state index contributed by atoms with van der Waals surface area (Å²) in [6.07, 6.45) is 4.14. The summed E-state index contributed by atoms with van der Waals surface area (Å²) in [5.74, 6) is 1.03. The molecule has 0 atom stereocenters. The lowest BCUT2D eigenvalue weighted by molar-refractivity contribution is 0.598. The van der Waals surface area contributed by atoms with Gasteiger partial charge in [-0.25, -0.2) is 28.5 Å². The van der Waals surface area contributed by atoms with E-state index in [-0.39, 0.29) is 4.90 Å². The molecule has 146 valence electrons. The van der Waals surface area contributed by atoms with Gasteiger partial charge < -0.3 is 16.4 Å². The van der Waals surface area contributed by atoms with Gasteiger partial charge in [0.15, 0.2) is 0 Å². The van der Waals surface area contributed by atoms with E-state index in [4.69, 9.17) is 10.9 Å². The Kier molecular flexibility index (Phi) is 6.14. The maximum Gasteiger partial charge on any atom is 0.238 e. The van der Waals surface area contributed by atoms with E-state index in [1.54, 1.807) is 30.6 Å². The van der Waals surface area contributed by atoms with Crippen LogP contribution < -0.4 is 21.5 Å². The van der Waals surface area contributed by atoms with Crippen LogP contribution in [0, 0.1) is 0 Å². The van der Waals surface area contributed by atoms with Gasteiger partial charge in [0.05, 0.1) is 10.6 Å². The zero-order valence-electron chi connectivity index (χ0n) is 15.0. The third-order valence-electron chi connectivity index (χ3n) is 3.83. The number of rotatable bonds is 8. The highest BCUT2D eigenvalue weighted by Crippen LogP contribution is 2.25. The van der Waals surface area contributed by atoms with Crippen molar-refractivity contribution in [2.24, 2.45) is 10.9 Å². The molecule has 0 fully saturated rings. The highest BCUT2D eigenvalue weighted by atomic mass is 32.2. The molecule has 0 radical (unpaired) electrons. The normalized spacial score (nSPS) is 11.2. The van der Waals surface area contributed by atoms with E-state index in [2.05, 4.69) is 25.6 Å². The molecule has 0 saturated heterocycles. The summed E-state index contributed by atoms with van der Waals surface area (Å²) >= 11 is 0. The second kappa shape index (κ2) is 8.74. The summed E-state index contributed by atoms with van der Waals surface area (Å²) < 4.78 is 23.0. The number of primary sulfonamides is 1. The zero-order chi connectivity index (χ0) is 20.0. The summed E-state index contributed by atoms with van der Waals surface area (Å²) in [4.78, 5) is 13.1. The lowest BCUT2D eigenvalue weighted by atomic mass is 10.2. The molecule has 0 aliphatic carbocycles. The fourth-order valence-electron chi connectivity index (χ4n) is 2.51. The van der Waals surface area contributed by atoms with Crippen LogP contribution in [0.15, 0.2) is 59.8 Å². The van der Waals surface area contributed by atoms with E-state index in [1.807, 2.05) is 12.1 Å². The number of hydrogen-bond acceptors (Lipinski definition) is 8. The minimum absolute atomic E-state index is 0.00676. The first kappa shape index (κ1) is 19.7. The highest BCUT2D eigenvalue weighted by molar-refractivity contribution is 7.89. The molecule has 0 unspecified atom stereocenters. The third-order valence-corrected chi connectivity index (χ3v) is 4.74. The predicted octanol–water partition coefficient (Wildman–Crippen LogP) is 1.69. The molecule has 0 aliphatic heterocycles. The van der Waals surface area contributed by atoms with Crippen LogP contribution in [0.5, 0.6) is 0 Å². The fraction of sp³-hybridized carbons (Fsp3) is 0.167. The van der Waals surface area contributed by atoms with Gasteiger partial charge in [-0.3, -0.25) is 0 Å². The van der Waals surface area contributed by atoms with Crippen molar-refractivity contribution in [1.29, 1.82) is 0 Å². The quantitative estimate of drug-likeness (QED) is 0.418. The van der Waals surface area contributed by atoms with Crippen LogP contribution in [0.25, 0.3) is 11.3 Å². The Labute approximate surface area is 163 Å². The number of sulfonamides is 1. The number of anilines is 3. The van der Waals surface area contributed by atoms with E-state index in [0.717, 1.165) is 12.0 Å². The van der Waals surface area contributed by atoms with Crippen LogP contribution in [0.4, 0.5) is 17.5 Å². The molecule has 1 aromatic carbocycles. The van der Waals surface area contributed by atoms with Gasteiger partial charge >= 0.3 is 0 Å². The minimum atomic E-state index is -3.79. The molecule has 0 bridgehead atoms. The smallest absolute Gasteiger partial charge is 0.238 e. The molecule has 10 heteroatoms. The van der Waals surface area contributed by atoms with Gasteiger partial charge in [-0.15, -0.1) is 0 Å². The first-order valence-electron chi connectivity index (χ1n) is 8.59. The average Bonchev–Trinajstić information content (AvgIpc) is 2.68. The molecule has 28 heavy (non-hydrogen) atoms. The first-order chi connectivity index (χ1) is 13.5. The standard InChI is InChI=1S/C18H21N7O2S/c19-8-3-10-22-17-15(6-2-9-21-17)16-7-11-23-18(25-16)24-13-4-1-5-14(12-13)28(20,26)27/h1-2,4-7,9,11-12H,3,8,10,19H2,(H,21,22)(H2,20,26,27)(H,23,24,25). The lowest BCUT2D eigenvalue weighted by Gasteiger charge is -2.11. The van der Waals surface area contributed by atoms with Crippen LogP contribution in [-0.2, 0) is 10.0 Å². The summed E-state index contributed by atoms with van der Waals surface area (Å²) in [6.45, 7) is 1.30. The Morgan fingerprint density at radius 3 is 2.68 bits per heavy atom. The van der Waals surface area contributed by atoms with E-state index in [0.29, 0.717) is 36.2 Å². The maximum atomic E-state index is 11.5. The van der Waals surface area contributed by atoms with Crippen LogP contribution in [-0.4, -0.2) is 36.5 Å². The summed E-state index contributed by atoms with van der Waals surface area (Å²) in [7, 11) is -3.79. The fourth-order valence-corrected chi connectivity index (χ4v) is 3.07. The van der Waals surface area contributed by atoms with Gasteiger partial charge in [0, 0.05) is 30.2 Å². The van der Waals surface area contributed by atoms with Crippen molar-refractivity contribution in [3.63, 3.8) is 0 Å². The number of nitrogens with one attached hydrogen (secondary N) is 2. The molecule has 2 heterocycles. The van der Waals surface area contributed by atoms with Gasteiger partial charge in [-0.05, 0) is 49.4 Å². The van der Waals surface area contributed by atoms with Gasteiger partial charge in [0.2, 0.25) is 16.0 Å². The number of benzene rings is 1. The van der Waals surface area contributed by atoms with Crippen LogP contribution in [0.2, 0.25) is 0 Å². The molecule has 0 amide bonds. The van der Waals surface area contributed by atoms with Crippen molar-refractivity contribution in [2.45, 2.75) is 11.3 Å². The van der Waals surface area contributed by atoms with Crippen LogP contribution in [0.1, 0.15) is 6.42 Å². The Bertz CT molecular complexity index is 1060. The molecule has 0 saturated carbocycles. The van der Waals surface area contributed by atoms with Gasteiger partial charge in [-0.1, -0.05) is 6.07 Å². The molecule has 9 nitrogen and oxygen atoms in total. The summed E-state index contributed by atoms with van der Waals surface area (Å²) in [6, 6.07) is 11.7. The number of hydrogen-bond donors (Lipinski definition) is 4. The largest absolute Gasteiger partial charge is 0.369 e. The molecule has 0 spiro atoms. The zero-order valence-corrected chi connectivity index (χ0v) is 15.9. The summed E-state index contributed by atoms with van der Waals surface area (Å²) in [5.41, 5.74) is 7.54. The van der Waals surface area contributed by atoms with Gasteiger partial charge in [-0.2, -0.15) is 0 Å². The third kappa shape index (κ3) is 5.00. The Hall–Kier alpha value is -3.08. The molecule has 0 aliphatic rings. The van der Waals surface area contributed by atoms with Crippen molar-refractivity contribution < 1.29 is 8.42 Å². The van der Waals surface area contributed by atoms with Gasteiger partial charge in [0.25, 0.3) is 0 Å². The SMILES string of the molecule is NCCCNc1ncccc1-c1ccnc(Nc2cccc(S(N)(=O)=O)c2)n1. The Morgan fingerprint density at radius 2 is 1.89 bits per heavy atom. The van der Waals surface area contributed by atoms with E-state index in [1.165, 1.54) is 12.1 Å². The van der Waals surface area contributed by atoms with E-state index in [9.17, 15) is 8.42 Å². The second-order valence-electron chi connectivity index (χ2n) is 5.93. The van der Waals surface area contributed by atoms with Crippen molar-refractivity contribution in [3.8, 4) is 11.3 Å². The van der Waals surface area contributed by atoms with Crippen LogP contribution in [0.3, 0.4) is 0 Å². The molecule has 3 aromatic rings. The first-order valence-corrected chi connectivity index (χ1v) is 10.1. The lowest BCUT2D eigenvalue weighted by Crippen LogP contribution is -2.12. The number of nitrogens with two attached hydrogens (primary N) is 2. The van der Waals surface area contributed by atoms with E-state index < -0.39 is 10.0 Å². The van der Waals surface area contributed by atoms with Crippen LogP contribution >= 0.6 is 0 Å². The average molecular weight is 399 g/mol. The molecular weight excluding hydrogens is 378 g/mol. The van der Waals surface area contributed by atoms with Crippen molar-refractivity contribution in [1.82, 2.24) is 15.0 Å². The maximum absolute atomic E-state index is 11.5. The van der Waals surface area contributed by atoms with E-state index >= 15 is 0 Å². The number of pyridine rings is 1. The monoisotopic (exact) mass is 399 g/mol. The Balaban J connectivity index is 1.86. The molecule has 6 N–H and O–H groups in total. The van der Waals surface area contributed by atoms with Gasteiger partial charge in [0.1, 0.15) is 5.82 Å². The number of aromatic nitrogens is 3. The summed E-state index contributed by atoms with van der Waals surface area (Å²) in [5, 5.41) is 11.4. The molecule has 3 rings (SSSR count). The molecule has 2 aromatic heterocycles. The number of nitrogens with zero attached hydrogens (tertiary/aromatic N) is 3. The van der Waals surface area contributed by atoms with Crippen molar-refractivity contribution in [3.05, 3.63) is 54.9 Å². The van der Waals surface area contributed by atoms with Crippen molar-refractivity contribution in [2.75, 3.05) is 23.7 Å². The minimum Gasteiger partial charge on any atom is -0.369 e.